The van der Waals surface area contributed by atoms with Gasteiger partial charge in [0.05, 0.1) is 11.6 Å². The number of hydrogen-bond donors (Lipinski definition) is 0. The third-order valence-electron chi connectivity index (χ3n) is 6.25. The van der Waals surface area contributed by atoms with Crippen LogP contribution in [0.5, 0.6) is 0 Å². The molecule has 0 aromatic carbocycles. The van der Waals surface area contributed by atoms with E-state index in [-0.39, 0.29) is 5.91 Å². The molecule has 0 spiro atoms. The van der Waals surface area contributed by atoms with Gasteiger partial charge in [-0.2, -0.15) is 0 Å². The molecule has 0 radical (unpaired) electrons. The van der Waals surface area contributed by atoms with Crippen molar-refractivity contribution in [1.82, 2.24) is 19.7 Å². The second-order valence-electron chi connectivity index (χ2n) is 8.08. The smallest absolute Gasteiger partial charge is 0.236 e. The maximum atomic E-state index is 12.7. The summed E-state index contributed by atoms with van der Waals surface area (Å²) in [5.74, 6) is 1.14. The van der Waals surface area contributed by atoms with E-state index in [9.17, 15) is 4.79 Å². The van der Waals surface area contributed by atoms with Gasteiger partial charge in [0, 0.05) is 64.6 Å². The number of carbonyl (C=O) groups excluding carboxylic acids is 1. The van der Waals surface area contributed by atoms with Crippen LogP contribution in [0.25, 0.3) is 0 Å². The number of amides is 1. The number of carbonyl (C=O) groups is 1. The van der Waals surface area contributed by atoms with Crippen LogP contribution in [0.2, 0.25) is 5.02 Å². The van der Waals surface area contributed by atoms with E-state index in [1.807, 2.05) is 19.2 Å². The van der Waals surface area contributed by atoms with E-state index in [0.717, 1.165) is 69.8 Å². The van der Waals surface area contributed by atoms with Gasteiger partial charge in [-0.15, -0.1) is 0 Å². The third-order valence-corrected chi connectivity index (χ3v) is 6.53. The zero-order chi connectivity index (χ0) is 18.8. The molecule has 3 fully saturated rings. The zero-order valence-electron chi connectivity index (χ0n) is 16.2. The van der Waals surface area contributed by atoms with E-state index in [1.54, 1.807) is 0 Å². The Morgan fingerprint density at radius 2 is 1.81 bits per heavy atom. The van der Waals surface area contributed by atoms with Gasteiger partial charge >= 0.3 is 0 Å². The first-order chi connectivity index (χ1) is 13.1. The number of anilines is 1. The molecule has 0 bridgehead atoms. The van der Waals surface area contributed by atoms with Crippen LogP contribution in [0.15, 0.2) is 12.3 Å². The van der Waals surface area contributed by atoms with Gasteiger partial charge in [-0.3, -0.25) is 14.6 Å². The van der Waals surface area contributed by atoms with Crippen molar-refractivity contribution in [3.8, 4) is 0 Å². The summed E-state index contributed by atoms with van der Waals surface area (Å²) in [5.41, 5.74) is 1.07. The van der Waals surface area contributed by atoms with Gasteiger partial charge in [-0.1, -0.05) is 18.0 Å². The molecule has 148 valence electrons. The predicted molar refractivity (Wildman–Crippen MR) is 108 cm³/mol. The fraction of sp³-hybridized carbons (Fsp3) is 0.700. The Hall–Kier alpha value is -1.37. The van der Waals surface area contributed by atoms with E-state index in [1.165, 1.54) is 19.3 Å². The normalized spacial score (nSPS) is 22.7. The molecule has 0 atom stereocenters. The summed E-state index contributed by atoms with van der Waals surface area (Å²) in [6.45, 7) is 9.86. The SMILES string of the molecule is Cc1cnc(N2CCN(CC(=O)N3CCN(C4CCC4)CC3)CC2)c(Cl)c1. The fourth-order valence-corrected chi connectivity index (χ4v) is 4.60. The summed E-state index contributed by atoms with van der Waals surface area (Å²) in [6, 6.07) is 2.75. The fourth-order valence-electron chi connectivity index (χ4n) is 4.26. The molecule has 6 nitrogen and oxygen atoms in total. The second kappa shape index (κ2) is 8.33. The summed E-state index contributed by atoms with van der Waals surface area (Å²) >= 11 is 6.35. The Morgan fingerprint density at radius 1 is 1.11 bits per heavy atom. The molecule has 1 amide bonds. The Morgan fingerprint density at radius 3 is 2.41 bits per heavy atom. The van der Waals surface area contributed by atoms with Crippen LogP contribution >= 0.6 is 11.6 Å². The third kappa shape index (κ3) is 4.39. The summed E-state index contributed by atoms with van der Waals surface area (Å²) < 4.78 is 0. The molecule has 3 aliphatic rings. The maximum absolute atomic E-state index is 12.7. The highest BCUT2D eigenvalue weighted by Crippen LogP contribution is 2.26. The topological polar surface area (TPSA) is 42.9 Å². The van der Waals surface area contributed by atoms with Crippen molar-refractivity contribution < 1.29 is 4.79 Å². The van der Waals surface area contributed by atoms with Gasteiger partial charge in [0.15, 0.2) is 0 Å². The van der Waals surface area contributed by atoms with E-state index in [2.05, 4.69) is 24.6 Å². The largest absolute Gasteiger partial charge is 0.353 e. The lowest BCUT2D eigenvalue weighted by Gasteiger charge is -2.43. The van der Waals surface area contributed by atoms with Crippen molar-refractivity contribution in [3.05, 3.63) is 22.8 Å². The van der Waals surface area contributed by atoms with Crippen LogP contribution in [0.3, 0.4) is 0 Å². The average molecular weight is 392 g/mol. The van der Waals surface area contributed by atoms with E-state index < -0.39 is 0 Å². The minimum atomic E-state index is 0.281. The van der Waals surface area contributed by atoms with Crippen molar-refractivity contribution in [2.75, 3.05) is 63.8 Å². The predicted octanol–water partition coefficient (Wildman–Crippen LogP) is 1.86. The van der Waals surface area contributed by atoms with Gasteiger partial charge < -0.3 is 9.80 Å². The number of halogens is 1. The Labute approximate surface area is 167 Å². The van der Waals surface area contributed by atoms with Crippen LogP contribution in [-0.4, -0.2) is 90.5 Å². The molecule has 1 aromatic heterocycles. The van der Waals surface area contributed by atoms with Crippen LogP contribution in [0.1, 0.15) is 24.8 Å². The molecular formula is C20H30ClN5O. The Bertz CT molecular complexity index is 664. The standard InChI is InChI=1S/C20H30ClN5O/c1-16-13-18(21)20(22-14-16)26-7-5-23(6-8-26)15-19(27)25-11-9-24(10-12-25)17-3-2-4-17/h13-14,17H,2-12,15H2,1H3. The minimum Gasteiger partial charge on any atom is -0.353 e. The Kier molecular flexibility index (Phi) is 5.85. The molecule has 2 aliphatic heterocycles. The molecule has 1 aliphatic carbocycles. The lowest BCUT2D eigenvalue weighted by atomic mass is 9.91. The molecule has 0 unspecified atom stereocenters. The van der Waals surface area contributed by atoms with Crippen molar-refractivity contribution in [1.29, 1.82) is 0 Å². The number of nitrogens with zero attached hydrogens (tertiary/aromatic N) is 5. The van der Waals surface area contributed by atoms with E-state index in [4.69, 9.17) is 11.6 Å². The van der Waals surface area contributed by atoms with Crippen molar-refractivity contribution in [3.63, 3.8) is 0 Å². The zero-order valence-corrected chi connectivity index (χ0v) is 17.0. The molecule has 7 heteroatoms. The number of hydrogen-bond acceptors (Lipinski definition) is 5. The molecule has 0 N–H and O–H groups in total. The number of aryl methyl sites for hydroxylation is 1. The molecule has 3 heterocycles. The summed E-state index contributed by atoms with van der Waals surface area (Å²) in [6.07, 6.45) is 5.93. The van der Waals surface area contributed by atoms with Crippen LogP contribution in [-0.2, 0) is 4.79 Å². The first-order valence-corrected chi connectivity index (χ1v) is 10.6. The minimum absolute atomic E-state index is 0.281. The van der Waals surface area contributed by atoms with Gasteiger partial charge in [-0.05, 0) is 31.4 Å². The lowest BCUT2D eigenvalue weighted by molar-refractivity contribution is -0.134. The first kappa shape index (κ1) is 19.0. The quantitative estimate of drug-likeness (QED) is 0.783. The molecule has 27 heavy (non-hydrogen) atoms. The van der Waals surface area contributed by atoms with Crippen LogP contribution in [0.4, 0.5) is 5.82 Å². The van der Waals surface area contributed by atoms with Gasteiger partial charge in [0.1, 0.15) is 5.82 Å². The monoisotopic (exact) mass is 391 g/mol. The van der Waals surface area contributed by atoms with Crippen molar-refractivity contribution in [2.24, 2.45) is 0 Å². The Balaban J connectivity index is 1.22. The summed E-state index contributed by atoms with van der Waals surface area (Å²) in [4.78, 5) is 26.3. The highest BCUT2D eigenvalue weighted by atomic mass is 35.5. The summed E-state index contributed by atoms with van der Waals surface area (Å²) in [5, 5.41) is 0.712. The van der Waals surface area contributed by atoms with Gasteiger partial charge in [-0.25, -0.2) is 4.98 Å². The van der Waals surface area contributed by atoms with E-state index in [0.29, 0.717) is 11.6 Å². The number of pyridine rings is 1. The van der Waals surface area contributed by atoms with Crippen molar-refractivity contribution in [2.45, 2.75) is 32.2 Å². The van der Waals surface area contributed by atoms with Crippen LogP contribution in [0, 0.1) is 6.92 Å². The number of aromatic nitrogens is 1. The molecule has 1 saturated carbocycles. The maximum Gasteiger partial charge on any atom is 0.236 e. The highest BCUT2D eigenvalue weighted by molar-refractivity contribution is 6.33. The first-order valence-electron chi connectivity index (χ1n) is 10.2. The van der Waals surface area contributed by atoms with E-state index >= 15 is 0 Å². The number of piperazine rings is 2. The summed E-state index contributed by atoms with van der Waals surface area (Å²) in [7, 11) is 0. The highest BCUT2D eigenvalue weighted by Gasteiger charge is 2.30. The number of rotatable bonds is 4. The van der Waals surface area contributed by atoms with Gasteiger partial charge in [0.2, 0.25) is 5.91 Å². The molecule has 1 aromatic rings. The average Bonchev–Trinajstić information content (AvgIpc) is 2.62. The lowest BCUT2D eigenvalue weighted by Crippen LogP contribution is -2.56. The molecule has 2 saturated heterocycles. The van der Waals surface area contributed by atoms with Crippen LogP contribution < -0.4 is 4.90 Å². The van der Waals surface area contributed by atoms with Crippen molar-refractivity contribution >= 4 is 23.3 Å². The second-order valence-corrected chi connectivity index (χ2v) is 8.49. The molecular weight excluding hydrogens is 362 g/mol. The molecule has 4 rings (SSSR count). The van der Waals surface area contributed by atoms with Gasteiger partial charge in [0.25, 0.3) is 0 Å².